The second kappa shape index (κ2) is 7.31. The van der Waals surface area contributed by atoms with Crippen LogP contribution in [0, 0.1) is 0 Å². The van der Waals surface area contributed by atoms with Crippen molar-refractivity contribution in [3.05, 3.63) is 28.6 Å². The van der Waals surface area contributed by atoms with E-state index in [-0.39, 0.29) is 18.1 Å². The van der Waals surface area contributed by atoms with E-state index in [4.69, 9.17) is 9.47 Å². The van der Waals surface area contributed by atoms with Crippen molar-refractivity contribution < 1.29 is 14.3 Å². The topological polar surface area (TPSA) is 51.7 Å². The summed E-state index contributed by atoms with van der Waals surface area (Å²) < 4.78 is 11.5. The molecule has 2 fully saturated rings. The molecule has 0 spiro atoms. The Morgan fingerprint density at radius 2 is 2.21 bits per heavy atom. The number of amides is 1. The van der Waals surface area contributed by atoms with Gasteiger partial charge in [0.25, 0.3) is 0 Å². The zero-order valence-electron chi connectivity index (χ0n) is 13.3. The van der Waals surface area contributed by atoms with Gasteiger partial charge < -0.3 is 14.4 Å². The van der Waals surface area contributed by atoms with Crippen molar-refractivity contribution in [1.82, 2.24) is 9.88 Å². The van der Waals surface area contributed by atoms with Gasteiger partial charge in [-0.25, -0.2) is 4.98 Å². The van der Waals surface area contributed by atoms with Gasteiger partial charge in [-0.1, -0.05) is 6.07 Å². The van der Waals surface area contributed by atoms with E-state index >= 15 is 0 Å². The molecule has 24 heavy (non-hydrogen) atoms. The average molecular weight is 364 g/mol. The molecule has 128 valence electrons. The first kappa shape index (κ1) is 16.2. The van der Waals surface area contributed by atoms with Crippen LogP contribution in [0.2, 0.25) is 0 Å². The molecule has 5 nitrogen and oxygen atoms in total. The number of ether oxygens (including phenoxy) is 2. The fourth-order valence-corrected chi connectivity index (χ4v) is 4.82. The summed E-state index contributed by atoms with van der Waals surface area (Å²) in [5.74, 6) is 0.129. The van der Waals surface area contributed by atoms with Crippen LogP contribution in [0.25, 0.3) is 9.88 Å². The molecule has 0 saturated carbocycles. The minimum absolute atomic E-state index is 0.0160. The van der Waals surface area contributed by atoms with E-state index in [1.54, 1.807) is 22.7 Å². The highest BCUT2D eigenvalue weighted by atomic mass is 32.1. The molecular formula is C17H20N2O3S2. The van der Waals surface area contributed by atoms with Gasteiger partial charge in [0.1, 0.15) is 11.1 Å². The minimum atomic E-state index is 0.0160. The molecular weight excluding hydrogens is 344 g/mol. The molecule has 0 bridgehead atoms. The van der Waals surface area contributed by atoms with Crippen LogP contribution in [-0.2, 0) is 20.7 Å². The van der Waals surface area contributed by atoms with Crippen molar-refractivity contribution in [1.29, 1.82) is 0 Å². The van der Waals surface area contributed by atoms with Gasteiger partial charge in [0.2, 0.25) is 5.91 Å². The maximum Gasteiger partial charge on any atom is 0.228 e. The van der Waals surface area contributed by atoms with Crippen LogP contribution in [0.1, 0.15) is 18.5 Å². The van der Waals surface area contributed by atoms with Crippen LogP contribution >= 0.6 is 22.7 Å². The van der Waals surface area contributed by atoms with Crippen molar-refractivity contribution >= 4 is 28.6 Å². The maximum absolute atomic E-state index is 12.6. The quantitative estimate of drug-likeness (QED) is 0.837. The number of carbonyl (C=O) groups is 1. The van der Waals surface area contributed by atoms with Crippen LogP contribution in [0.15, 0.2) is 22.9 Å². The molecule has 0 aliphatic carbocycles. The highest BCUT2D eigenvalue weighted by Crippen LogP contribution is 2.28. The van der Waals surface area contributed by atoms with Gasteiger partial charge >= 0.3 is 0 Å². The Bertz CT molecular complexity index is 680. The van der Waals surface area contributed by atoms with Crippen LogP contribution < -0.4 is 0 Å². The molecule has 0 N–H and O–H groups in total. The number of carbonyl (C=O) groups excluding carboxylic acids is 1. The summed E-state index contributed by atoms with van der Waals surface area (Å²) in [5, 5.41) is 5.03. The molecule has 2 aliphatic heterocycles. The van der Waals surface area contributed by atoms with Gasteiger partial charge in [-0.05, 0) is 24.3 Å². The normalized spacial score (nSPS) is 24.4. The molecule has 1 amide bonds. The first-order valence-electron chi connectivity index (χ1n) is 8.29. The molecule has 2 aromatic heterocycles. The molecule has 2 atom stereocenters. The monoisotopic (exact) mass is 364 g/mol. The summed E-state index contributed by atoms with van der Waals surface area (Å²) in [6, 6.07) is 4.08. The molecule has 4 rings (SSSR count). The number of thiophene rings is 1. The number of thiazole rings is 1. The summed E-state index contributed by atoms with van der Waals surface area (Å²) >= 11 is 3.27. The number of nitrogens with zero attached hydrogens (tertiary/aromatic N) is 2. The zero-order chi connectivity index (χ0) is 16.4. The molecule has 2 aliphatic rings. The third-order valence-corrected chi connectivity index (χ3v) is 6.37. The third kappa shape index (κ3) is 3.54. The Labute approximate surface area is 149 Å². The second-order valence-electron chi connectivity index (χ2n) is 6.10. The molecule has 0 radical (unpaired) electrons. The summed E-state index contributed by atoms with van der Waals surface area (Å²) in [7, 11) is 0. The molecule has 2 aromatic rings. The smallest absolute Gasteiger partial charge is 0.228 e. The van der Waals surface area contributed by atoms with E-state index < -0.39 is 0 Å². The van der Waals surface area contributed by atoms with Crippen LogP contribution in [0.5, 0.6) is 0 Å². The SMILES string of the molecule is O=C(Cc1csc(-c2cccs2)n1)N1CCOC(C2CCCO2)C1. The third-order valence-electron chi connectivity index (χ3n) is 4.44. The molecule has 2 saturated heterocycles. The number of aromatic nitrogens is 1. The van der Waals surface area contributed by atoms with E-state index in [0.29, 0.717) is 26.1 Å². The standard InChI is InChI=1S/C17H20N2O3S2/c20-16(9-12-11-24-17(18-12)15-4-2-8-23-15)19-5-7-22-14(10-19)13-3-1-6-21-13/h2,4,8,11,13-14H,1,3,5-7,9-10H2. The second-order valence-corrected chi connectivity index (χ2v) is 7.90. The fraction of sp³-hybridized carbons (Fsp3) is 0.529. The van der Waals surface area contributed by atoms with Gasteiger partial charge in [0.15, 0.2) is 0 Å². The van der Waals surface area contributed by atoms with E-state index in [2.05, 4.69) is 11.1 Å². The summed E-state index contributed by atoms with van der Waals surface area (Å²) in [6.45, 7) is 2.69. The fourth-order valence-electron chi connectivity index (χ4n) is 3.19. The molecule has 2 unspecified atom stereocenters. The summed E-state index contributed by atoms with van der Waals surface area (Å²) in [6.07, 6.45) is 2.64. The Morgan fingerprint density at radius 3 is 3.00 bits per heavy atom. The van der Waals surface area contributed by atoms with E-state index in [0.717, 1.165) is 35.0 Å². The van der Waals surface area contributed by atoms with Gasteiger partial charge in [-0.2, -0.15) is 0 Å². The predicted octanol–water partition coefficient (Wildman–Crippen LogP) is 2.82. The van der Waals surface area contributed by atoms with Crippen LogP contribution in [0.3, 0.4) is 0 Å². The van der Waals surface area contributed by atoms with Crippen molar-refractivity contribution in [2.24, 2.45) is 0 Å². The Balaban J connectivity index is 1.37. The number of hydrogen-bond donors (Lipinski definition) is 0. The van der Waals surface area contributed by atoms with Crippen LogP contribution in [-0.4, -0.2) is 54.3 Å². The lowest BCUT2D eigenvalue weighted by molar-refractivity contribution is -0.144. The Hall–Kier alpha value is -1.28. The largest absolute Gasteiger partial charge is 0.375 e. The lowest BCUT2D eigenvalue weighted by Crippen LogP contribution is -2.50. The lowest BCUT2D eigenvalue weighted by Gasteiger charge is -2.35. The lowest BCUT2D eigenvalue weighted by atomic mass is 10.1. The van der Waals surface area contributed by atoms with E-state index in [1.807, 2.05) is 21.7 Å². The summed E-state index contributed by atoms with van der Waals surface area (Å²) in [5.41, 5.74) is 0.855. The highest BCUT2D eigenvalue weighted by Gasteiger charge is 2.32. The maximum atomic E-state index is 12.6. The van der Waals surface area contributed by atoms with E-state index in [1.165, 1.54) is 0 Å². The Morgan fingerprint density at radius 1 is 1.29 bits per heavy atom. The predicted molar refractivity (Wildman–Crippen MR) is 94.4 cm³/mol. The summed E-state index contributed by atoms with van der Waals surface area (Å²) in [4.78, 5) is 20.3. The zero-order valence-corrected chi connectivity index (χ0v) is 15.0. The van der Waals surface area contributed by atoms with Crippen LogP contribution in [0.4, 0.5) is 0 Å². The first-order valence-corrected chi connectivity index (χ1v) is 10.0. The molecule has 0 aromatic carbocycles. The van der Waals surface area contributed by atoms with Gasteiger partial charge in [0, 0.05) is 25.1 Å². The average Bonchev–Trinajstić information content (AvgIpc) is 3.36. The number of morpholine rings is 1. The van der Waals surface area contributed by atoms with Crippen molar-refractivity contribution in [2.75, 3.05) is 26.3 Å². The Kier molecular flexibility index (Phi) is 4.93. The molecule has 4 heterocycles. The van der Waals surface area contributed by atoms with Gasteiger partial charge in [-0.15, -0.1) is 22.7 Å². The first-order chi connectivity index (χ1) is 11.8. The minimum Gasteiger partial charge on any atom is -0.375 e. The number of rotatable bonds is 4. The van der Waals surface area contributed by atoms with Gasteiger partial charge in [-0.3, -0.25) is 4.79 Å². The van der Waals surface area contributed by atoms with Crippen molar-refractivity contribution in [2.45, 2.75) is 31.5 Å². The highest BCUT2D eigenvalue weighted by molar-refractivity contribution is 7.20. The molecule has 7 heteroatoms. The van der Waals surface area contributed by atoms with E-state index in [9.17, 15) is 4.79 Å². The van der Waals surface area contributed by atoms with Crippen molar-refractivity contribution in [3.8, 4) is 9.88 Å². The number of hydrogen-bond acceptors (Lipinski definition) is 6. The van der Waals surface area contributed by atoms with Crippen molar-refractivity contribution in [3.63, 3.8) is 0 Å². The van der Waals surface area contributed by atoms with Gasteiger partial charge in [0.05, 0.1) is 29.7 Å².